The Balaban J connectivity index is -0.0000000800. The van der Waals surface area contributed by atoms with Crippen LogP contribution in [0.4, 0.5) is 0 Å². The molecule has 52 valence electrons. The molecule has 0 unspecified atom stereocenters. The monoisotopic (exact) mass is 234 g/mol. The molecule has 0 aromatic rings. The molecule has 2 N–H and O–H groups in total. The first-order valence-corrected chi connectivity index (χ1v) is 8.71. The van der Waals surface area contributed by atoms with E-state index < -0.39 is 41.2 Å². The molecule has 0 aliphatic heterocycles. The molecule has 0 spiro atoms. The first-order chi connectivity index (χ1) is 3.41. The second-order valence-electron chi connectivity index (χ2n) is 0.549. The van der Waals surface area contributed by atoms with Crippen LogP contribution in [0.15, 0.2) is 0 Å². The van der Waals surface area contributed by atoms with Gasteiger partial charge in [-0.3, -0.25) is 9.11 Å². The molecule has 0 aliphatic carbocycles. The van der Waals surface area contributed by atoms with Crippen LogP contribution in [-0.4, -0.2) is 71.4 Å². The molecule has 0 aliphatic rings. The van der Waals surface area contributed by atoms with Gasteiger partial charge in [0.2, 0.25) is 0 Å². The van der Waals surface area contributed by atoms with Crippen LogP contribution in [0.5, 0.6) is 0 Å². The van der Waals surface area contributed by atoms with E-state index in [0.29, 0.717) is 0 Å². The fourth-order valence-electron chi connectivity index (χ4n) is 0. The van der Waals surface area contributed by atoms with Crippen LogP contribution in [-0.2, 0) is 10.4 Å². The van der Waals surface area contributed by atoms with E-state index in [2.05, 4.69) is 0 Å². The van der Waals surface area contributed by atoms with Crippen molar-refractivity contribution in [3.63, 3.8) is 0 Å². The average Bonchev–Trinajstić information content (AvgIpc) is 1.27. The third kappa shape index (κ3) is 123. The van der Waals surface area contributed by atoms with E-state index in [-0.39, 0.29) is 23.1 Å². The Morgan fingerprint density at radius 1 is 1.22 bits per heavy atom. The van der Waals surface area contributed by atoms with E-state index in [4.69, 9.17) is 30.3 Å². The Kier molecular flexibility index (Phi) is 20.4. The topological polar surface area (TPSA) is 74.6 Å². The summed E-state index contributed by atoms with van der Waals surface area (Å²) in [5, 5.41) is 0. The summed E-state index contributed by atoms with van der Waals surface area (Å²) in [7, 11) is -4.67. The van der Waals surface area contributed by atoms with Gasteiger partial charge in [-0.1, -0.05) is 0 Å². The van der Waals surface area contributed by atoms with Crippen molar-refractivity contribution in [1.82, 2.24) is 0 Å². The molecule has 0 saturated carbocycles. The van der Waals surface area contributed by atoms with Crippen molar-refractivity contribution >= 4 is 77.1 Å². The molecule has 0 aromatic heterocycles. The third-order valence-corrected chi connectivity index (χ3v) is 0. The molecule has 9 heteroatoms. The van der Waals surface area contributed by atoms with E-state index >= 15 is 0 Å². The normalized spacial score (nSPS) is 7.56. The van der Waals surface area contributed by atoms with Crippen molar-refractivity contribution in [1.29, 1.82) is 0 Å². The summed E-state index contributed by atoms with van der Waals surface area (Å²) < 4.78 is 31.6. The van der Waals surface area contributed by atoms with E-state index in [1.807, 2.05) is 0 Å². The average molecular weight is 235 g/mol. The summed E-state index contributed by atoms with van der Waals surface area (Å²) >= 11 is -0.931. The predicted octanol–water partition coefficient (Wildman–Crippen LogP) is -0.571. The summed E-state index contributed by atoms with van der Waals surface area (Å²) in [6.45, 7) is 0. The van der Waals surface area contributed by atoms with E-state index in [1.54, 1.807) is 0 Å². The van der Waals surface area contributed by atoms with Gasteiger partial charge < -0.3 is 0 Å². The molecule has 4 nitrogen and oxygen atoms in total. The molecule has 0 rings (SSSR count). The summed E-state index contributed by atoms with van der Waals surface area (Å²) in [4.78, 5) is 0. The molecule has 0 fully saturated rings. The molecule has 0 amide bonds. The Hall–Kier alpha value is 2.48. The molecule has 0 atom stereocenters. The standard InChI is InChI=1S/Ca.2ClH.Mg.H2O4S.2H/c;;;;1-5(2,3)4;;/h;2*1H;;(H2,1,2,3,4);;/q+2;;;;;;/p-2. The van der Waals surface area contributed by atoms with Crippen molar-refractivity contribution in [3.8, 4) is 0 Å². The number of halogens is 2. The van der Waals surface area contributed by atoms with Gasteiger partial charge in [-0.25, -0.2) is 0 Å². The third-order valence-electron chi connectivity index (χ3n) is 0. The predicted molar refractivity (Wildman–Crippen MR) is 40.2 cm³/mol. The number of hydrogen-bond acceptors (Lipinski definition) is 2. The molecule has 0 radical (unpaired) electrons. The van der Waals surface area contributed by atoms with Crippen molar-refractivity contribution < 1.29 is 17.5 Å². The van der Waals surface area contributed by atoms with Crippen LogP contribution < -0.4 is 0 Å². The minimum absolute atomic E-state index is 0. The Labute approximate surface area is 92.8 Å². The summed E-state index contributed by atoms with van der Waals surface area (Å²) in [5.74, 6) is 0. The second-order valence-corrected chi connectivity index (χ2v) is 5.09. The summed E-state index contributed by atoms with van der Waals surface area (Å²) in [6.07, 6.45) is 9.90. The molecular weight excluding hydrogens is 231 g/mol. The molecule has 0 saturated heterocycles. The van der Waals surface area contributed by atoms with E-state index in [9.17, 15) is 0 Å². The molecule has 0 aromatic carbocycles. The van der Waals surface area contributed by atoms with Gasteiger partial charge in [0.15, 0.2) is 0 Å². The number of hydrogen-bond donors (Lipinski definition) is 2. The van der Waals surface area contributed by atoms with Crippen molar-refractivity contribution in [3.05, 3.63) is 0 Å². The Morgan fingerprint density at radius 3 is 1.22 bits per heavy atom. The largest absolute Gasteiger partial charge is 0.316 e. The summed E-state index contributed by atoms with van der Waals surface area (Å²) in [6, 6.07) is 0. The van der Waals surface area contributed by atoms with Gasteiger partial charge in [0.1, 0.15) is 0 Å². The van der Waals surface area contributed by atoms with E-state index in [0.717, 1.165) is 0 Å². The van der Waals surface area contributed by atoms with E-state index in [1.165, 1.54) is 0 Å². The van der Waals surface area contributed by atoms with Gasteiger partial charge in [0, 0.05) is 0 Å². The van der Waals surface area contributed by atoms with Gasteiger partial charge in [0.05, 0.1) is 0 Å². The maximum atomic E-state index is 8.74. The molecule has 9 heavy (non-hydrogen) atoms. The van der Waals surface area contributed by atoms with Crippen LogP contribution in [0, 0.1) is 0 Å². The Morgan fingerprint density at radius 2 is 1.22 bits per heavy atom. The van der Waals surface area contributed by atoms with Crippen molar-refractivity contribution in [2.45, 2.75) is 0 Å². The summed E-state index contributed by atoms with van der Waals surface area (Å²) in [5.41, 5.74) is 0. The van der Waals surface area contributed by atoms with Crippen LogP contribution >= 0.6 is 12.8 Å². The zero-order valence-electron chi connectivity index (χ0n) is 3.58. The fourth-order valence-corrected chi connectivity index (χ4v) is 0. The van der Waals surface area contributed by atoms with Crippen molar-refractivity contribution in [2.75, 3.05) is 0 Å². The van der Waals surface area contributed by atoms with Gasteiger partial charge in [-0.2, -0.15) is 8.42 Å². The van der Waals surface area contributed by atoms with Crippen molar-refractivity contribution in [2.24, 2.45) is 0 Å². The van der Waals surface area contributed by atoms with Gasteiger partial charge in [0.25, 0.3) is 0 Å². The first kappa shape index (κ1) is 17.5. The SMILES string of the molecule is O=S(=O)(O)O.[Cl][Ca][Cl].[MgH2]. The molecule has 0 heterocycles. The van der Waals surface area contributed by atoms with Crippen LogP contribution in [0.25, 0.3) is 0 Å². The maximum absolute atomic E-state index is 8.74. The Bertz CT molecular complexity index is 113. The minimum Gasteiger partial charge on any atom is 0.316 e. The molecule has 0 bridgehead atoms. The van der Waals surface area contributed by atoms with Crippen LogP contribution in [0.1, 0.15) is 0 Å². The zero-order valence-corrected chi connectivity index (χ0v) is 8.12. The van der Waals surface area contributed by atoms with Gasteiger partial charge >= 0.3 is 77.1 Å². The maximum Gasteiger partial charge on any atom is 0.316 e. The van der Waals surface area contributed by atoms with Gasteiger partial charge in [-0.05, 0) is 0 Å². The second kappa shape index (κ2) is 10.5. The molecular formula is H4CaCl2MgO4S. The number of rotatable bonds is 0. The zero-order chi connectivity index (χ0) is 7.21. The minimum atomic E-state index is -4.67. The quantitative estimate of drug-likeness (QED) is 0.435. The van der Waals surface area contributed by atoms with Crippen LogP contribution in [0.2, 0.25) is 0 Å². The fraction of sp³-hybridized carbons (Fsp3) is 0. The smallest absolute Gasteiger partial charge is 0.316 e. The van der Waals surface area contributed by atoms with Crippen LogP contribution in [0.3, 0.4) is 0 Å². The first-order valence-electron chi connectivity index (χ1n) is 1.23. The van der Waals surface area contributed by atoms with Gasteiger partial charge in [-0.15, -0.1) is 0 Å².